The zero-order chi connectivity index (χ0) is 46.6. The molecule has 0 atom stereocenters. The van der Waals surface area contributed by atoms with Gasteiger partial charge in [0.05, 0.1) is 5.56 Å². The molecule has 3 aromatic heterocycles. The maximum absolute atomic E-state index is 12.3. The maximum Gasteiger partial charge on any atom is 0.335 e. The molecular formula is C51H57N11O2S3. The molecule has 16 heteroatoms. The third kappa shape index (κ3) is 9.97. The van der Waals surface area contributed by atoms with Crippen LogP contribution in [0, 0.1) is 0 Å². The van der Waals surface area contributed by atoms with Gasteiger partial charge in [0.15, 0.2) is 23.3 Å². The van der Waals surface area contributed by atoms with Crippen LogP contribution in [0.2, 0.25) is 0 Å². The number of aromatic nitrogens is 8. The van der Waals surface area contributed by atoms with E-state index in [1.54, 1.807) is 18.2 Å². The summed E-state index contributed by atoms with van der Waals surface area (Å²) in [5.41, 5.74) is 5.82. The Balaban J connectivity index is 1.28. The van der Waals surface area contributed by atoms with E-state index < -0.39 is 5.97 Å². The molecule has 8 bridgehead atoms. The second-order valence-electron chi connectivity index (χ2n) is 16.4. The average molecular weight is 952 g/mol. The first-order valence-corrected chi connectivity index (χ1v) is 26.3. The number of nitrogens with one attached hydrogen (secondary N) is 2. The van der Waals surface area contributed by atoms with Gasteiger partial charge in [-0.2, -0.15) is 0 Å². The molecule has 5 heterocycles. The zero-order valence-electron chi connectivity index (χ0n) is 39.0. The number of rotatable bonds is 19. The van der Waals surface area contributed by atoms with Crippen LogP contribution < -0.4 is 0 Å². The number of fused-ring (bicyclic) bond motifs is 20. The van der Waals surface area contributed by atoms with Gasteiger partial charge in [0.2, 0.25) is 0 Å². The van der Waals surface area contributed by atoms with Crippen LogP contribution in [-0.2, 0) is 0 Å². The summed E-state index contributed by atoms with van der Waals surface area (Å²) in [7, 11) is 0. The normalized spacial score (nSPS) is 12.3. The van der Waals surface area contributed by atoms with Gasteiger partial charge in [0, 0.05) is 95.4 Å². The molecule has 2 aliphatic rings. The van der Waals surface area contributed by atoms with E-state index in [2.05, 4.69) is 121 Å². The molecule has 0 unspecified atom stereocenters. The topological polar surface area (TPSA) is 156 Å². The second-order valence-corrected chi connectivity index (χ2v) is 19.9. The van der Waals surface area contributed by atoms with E-state index in [0.29, 0.717) is 56.7 Å². The lowest BCUT2D eigenvalue weighted by Crippen LogP contribution is -2.25. The fourth-order valence-corrected chi connectivity index (χ4v) is 11.5. The van der Waals surface area contributed by atoms with Crippen LogP contribution in [0.4, 0.5) is 0 Å². The van der Waals surface area contributed by atoms with Crippen molar-refractivity contribution in [3.8, 4) is 45.6 Å². The Morgan fingerprint density at radius 1 is 0.448 bits per heavy atom. The molecule has 13 nitrogen and oxygen atoms in total. The molecule has 4 aromatic carbocycles. The largest absolute Gasteiger partial charge is 0.478 e. The number of benzene rings is 4. The van der Waals surface area contributed by atoms with Gasteiger partial charge in [-0.3, -0.25) is 0 Å². The van der Waals surface area contributed by atoms with Gasteiger partial charge in [0.25, 0.3) is 0 Å². The number of hydrogen-bond acceptors (Lipinski definition) is 13. The number of hydrogen-bond donors (Lipinski definition) is 3. The Bertz CT molecular complexity index is 3100. The lowest BCUT2D eigenvalue weighted by molar-refractivity contribution is 0.0697. The van der Waals surface area contributed by atoms with Crippen LogP contribution in [0.25, 0.3) is 89.7 Å². The highest BCUT2D eigenvalue weighted by molar-refractivity contribution is 7.99. The van der Waals surface area contributed by atoms with Crippen molar-refractivity contribution in [2.45, 2.75) is 56.2 Å². The number of carboxylic acids is 1. The van der Waals surface area contributed by atoms with E-state index in [1.165, 1.54) is 0 Å². The first-order valence-electron chi connectivity index (χ1n) is 23.4. The van der Waals surface area contributed by atoms with Crippen molar-refractivity contribution >= 4 is 85.4 Å². The number of aromatic carboxylic acids is 1. The van der Waals surface area contributed by atoms with Crippen LogP contribution in [0.1, 0.15) is 51.9 Å². The highest BCUT2D eigenvalue weighted by Crippen LogP contribution is 2.40. The molecule has 0 saturated carbocycles. The summed E-state index contributed by atoms with van der Waals surface area (Å²) in [4.78, 5) is 61.5. The summed E-state index contributed by atoms with van der Waals surface area (Å²) in [5.74, 6) is 3.86. The van der Waals surface area contributed by atoms with E-state index in [4.69, 9.17) is 29.9 Å². The van der Waals surface area contributed by atoms with E-state index in [-0.39, 0.29) is 5.56 Å². The third-order valence-corrected chi connectivity index (χ3v) is 15.6. The highest BCUT2D eigenvalue weighted by Gasteiger charge is 2.24. The lowest BCUT2D eigenvalue weighted by atomic mass is 10.1. The van der Waals surface area contributed by atoms with Crippen molar-refractivity contribution in [2.75, 3.05) is 76.2 Å². The van der Waals surface area contributed by atoms with E-state index in [1.807, 2.05) is 35.3 Å². The molecule has 0 spiro atoms. The molecule has 0 aliphatic carbocycles. The minimum absolute atomic E-state index is 0.145. The predicted molar refractivity (Wildman–Crippen MR) is 279 cm³/mol. The smallest absolute Gasteiger partial charge is 0.335 e. The molecule has 9 rings (SSSR count). The second kappa shape index (κ2) is 20.9. The summed E-state index contributed by atoms with van der Waals surface area (Å²) in [5, 5.41) is 13.3. The van der Waals surface area contributed by atoms with Crippen LogP contribution >= 0.6 is 35.3 Å². The Morgan fingerprint density at radius 2 is 0.806 bits per heavy atom. The van der Waals surface area contributed by atoms with Crippen LogP contribution in [0.3, 0.4) is 0 Å². The molecule has 346 valence electrons. The van der Waals surface area contributed by atoms with Gasteiger partial charge in [-0.05, 0) is 112 Å². The number of thioether (sulfide) groups is 3. The predicted octanol–water partition coefficient (Wildman–Crippen LogP) is 10.9. The molecule has 0 amide bonds. The third-order valence-electron chi connectivity index (χ3n) is 12.7. The zero-order valence-corrected chi connectivity index (χ0v) is 41.5. The summed E-state index contributed by atoms with van der Waals surface area (Å²) in [6, 6.07) is 24.3. The van der Waals surface area contributed by atoms with Crippen molar-refractivity contribution in [1.29, 1.82) is 0 Å². The van der Waals surface area contributed by atoms with Crippen molar-refractivity contribution in [1.82, 2.24) is 54.6 Å². The summed E-state index contributed by atoms with van der Waals surface area (Å²) in [6.07, 6.45) is 0. The maximum atomic E-state index is 12.3. The number of aromatic amines is 2. The first-order chi connectivity index (χ1) is 32.7. The number of carboxylic acid groups (broad SMARTS) is 1. The molecule has 7 aromatic rings. The monoisotopic (exact) mass is 951 g/mol. The Morgan fingerprint density at radius 3 is 1.22 bits per heavy atom. The van der Waals surface area contributed by atoms with Gasteiger partial charge in [0.1, 0.15) is 22.6 Å². The summed E-state index contributed by atoms with van der Waals surface area (Å²) < 4.78 is 0. The minimum Gasteiger partial charge on any atom is -0.478 e. The van der Waals surface area contributed by atoms with Gasteiger partial charge in [-0.25, -0.2) is 34.7 Å². The van der Waals surface area contributed by atoms with Gasteiger partial charge in [-0.15, -0.1) is 35.3 Å². The SMILES string of the molecule is CCN(CC)CCSc1ccc2c(c1)-c1nc-2nc2[nH]c(nc3nc(nc4[nH]c(n1)c1ccc(SCCN(CC)CC)cc41)-c1ccc(SCCN(CC)CC)cc1-3)c1ccc(C(=O)O)cc21. The van der Waals surface area contributed by atoms with Crippen molar-refractivity contribution in [3.63, 3.8) is 0 Å². The molecule has 2 aliphatic heterocycles. The van der Waals surface area contributed by atoms with Crippen molar-refractivity contribution < 1.29 is 9.90 Å². The molecule has 0 saturated heterocycles. The number of nitrogens with zero attached hydrogens (tertiary/aromatic N) is 9. The standard InChI is InChI=1S/C51H57N11O2S3/c1-7-60(8-2)21-24-65-32-14-18-36-40(28-32)49-55-44(36)53-47-39-27-31(51(63)64)13-17-35(39)43(52-47)54-48-41-29-33(66-25-22-61(9-3)10-4)15-19-37(41)45(56-48)58-50-42-30-34(67-26-23-62(11-5)12-6)16-20-38(42)46(57-49)59-50/h13-20,27-30H,7-12,21-26H2,1-6H3,(H,63,64)(H2,52,53,54,55,56,57,58,59). The summed E-state index contributed by atoms with van der Waals surface area (Å²) >= 11 is 5.47. The van der Waals surface area contributed by atoms with Crippen LogP contribution in [-0.4, -0.2) is 142 Å². The van der Waals surface area contributed by atoms with E-state index in [0.717, 1.165) is 124 Å². The van der Waals surface area contributed by atoms with E-state index >= 15 is 0 Å². The Labute approximate surface area is 404 Å². The molecule has 3 N–H and O–H groups in total. The lowest BCUT2D eigenvalue weighted by Gasteiger charge is -2.17. The fourth-order valence-electron chi connectivity index (χ4n) is 8.63. The molecule has 67 heavy (non-hydrogen) atoms. The first kappa shape index (κ1) is 46.7. The summed E-state index contributed by atoms with van der Waals surface area (Å²) in [6.45, 7) is 22.3. The Kier molecular flexibility index (Phi) is 14.6. The highest BCUT2D eigenvalue weighted by atomic mass is 32.2. The minimum atomic E-state index is -1.03. The Hall–Kier alpha value is -5.36. The van der Waals surface area contributed by atoms with Gasteiger partial charge in [-0.1, -0.05) is 41.5 Å². The number of H-pyrrole nitrogens is 2. The van der Waals surface area contributed by atoms with Gasteiger partial charge >= 0.3 is 5.97 Å². The van der Waals surface area contributed by atoms with Crippen molar-refractivity contribution in [2.24, 2.45) is 0 Å². The average Bonchev–Trinajstić information content (AvgIpc) is 4.08. The van der Waals surface area contributed by atoms with E-state index in [9.17, 15) is 9.90 Å². The van der Waals surface area contributed by atoms with Crippen LogP contribution in [0.5, 0.6) is 0 Å². The van der Waals surface area contributed by atoms with Crippen LogP contribution in [0.15, 0.2) is 87.5 Å². The van der Waals surface area contributed by atoms with Crippen molar-refractivity contribution in [3.05, 3.63) is 78.4 Å². The molecular weight excluding hydrogens is 895 g/mol. The van der Waals surface area contributed by atoms with Gasteiger partial charge < -0.3 is 29.8 Å². The quantitative estimate of drug-likeness (QED) is 0.0658. The number of carbonyl (C=O) groups is 1. The molecule has 0 fully saturated rings. The fraction of sp³-hybridized carbons (Fsp3) is 0.353. The molecule has 0 radical (unpaired) electrons.